The van der Waals surface area contributed by atoms with Crippen LogP contribution in [-0.2, 0) is 20.9 Å². The number of hydrogen-bond donors (Lipinski definition) is 2. The van der Waals surface area contributed by atoms with E-state index in [9.17, 15) is 19.2 Å². The summed E-state index contributed by atoms with van der Waals surface area (Å²) in [5.41, 5.74) is 0. The molecule has 1 aromatic rings. The molecule has 1 aliphatic heterocycles. The Morgan fingerprint density at radius 3 is 2.74 bits per heavy atom. The van der Waals surface area contributed by atoms with Gasteiger partial charge in [-0.1, -0.05) is 0 Å². The summed E-state index contributed by atoms with van der Waals surface area (Å²) >= 11 is 0. The number of urea groups is 1. The molecule has 1 unspecified atom stereocenters. The van der Waals surface area contributed by atoms with E-state index in [1.54, 1.807) is 12.1 Å². The Kier molecular flexibility index (Phi) is 3.32. The molecule has 0 radical (unpaired) electrons. The second-order valence-electron chi connectivity index (χ2n) is 3.95. The molecule has 0 spiro atoms. The van der Waals surface area contributed by atoms with E-state index in [0.29, 0.717) is 5.76 Å². The standard InChI is InChI=1S/C11H10N2O6/c14-8(15)4-7-9(16)12-11(18)13(10(7)17)5-6-2-1-3-19-6/h1-3,7H,4-5H2,(H,14,15)(H,12,16,18). The molecule has 2 N–H and O–H groups in total. The quantitative estimate of drug-likeness (QED) is 0.738. The van der Waals surface area contributed by atoms with Crippen molar-refractivity contribution in [2.24, 2.45) is 5.92 Å². The van der Waals surface area contributed by atoms with E-state index in [4.69, 9.17) is 9.52 Å². The Morgan fingerprint density at radius 1 is 1.42 bits per heavy atom. The Hall–Kier alpha value is -2.64. The second kappa shape index (κ2) is 4.92. The number of nitrogens with zero attached hydrogens (tertiary/aromatic N) is 1. The zero-order valence-electron chi connectivity index (χ0n) is 9.66. The van der Waals surface area contributed by atoms with Gasteiger partial charge in [0.2, 0.25) is 11.8 Å². The third-order valence-corrected chi connectivity index (χ3v) is 2.63. The summed E-state index contributed by atoms with van der Waals surface area (Å²) in [4.78, 5) is 46.3. The van der Waals surface area contributed by atoms with Gasteiger partial charge >= 0.3 is 12.0 Å². The second-order valence-corrected chi connectivity index (χ2v) is 3.95. The number of barbiturate groups is 1. The first-order chi connectivity index (χ1) is 8.99. The highest BCUT2D eigenvalue weighted by Gasteiger charge is 2.41. The van der Waals surface area contributed by atoms with Crippen LogP contribution in [0.5, 0.6) is 0 Å². The molecular formula is C11H10N2O6. The van der Waals surface area contributed by atoms with Crippen LogP contribution in [0.1, 0.15) is 12.2 Å². The van der Waals surface area contributed by atoms with Crippen molar-refractivity contribution in [2.45, 2.75) is 13.0 Å². The van der Waals surface area contributed by atoms with Gasteiger partial charge in [-0.2, -0.15) is 0 Å². The molecule has 1 aromatic heterocycles. The monoisotopic (exact) mass is 266 g/mol. The van der Waals surface area contributed by atoms with Crippen molar-refractivity contribution < 1.29 is 28.7 Å². The molecule has 1 saturated heterocycles. The van der Waals surface area contributed by atoms with E-state index in [2.05, 4.69) is 0 Å². The SMILES string of the molecule is O=C(O)CC1C(=O)NC(=O)N(Cc2ccco2)C1=O. The minimum atomic E-state index is -1.40. The van der Waals surface area contributed by atoms with Crippen LogP contribution in [0.2, 0.25) is 0 Å². The fourth-order valence-electron chi connectivity index (χ4n) is 1.72. The Labute approximate surface area is 107 Å². The normalized spacial score (nSPS) is 19.5. The van der Waals surface area contributed by atoms with Gasteiger partial charge in [-0.3, -0.25) is 24.6 Å². The maximum atomic E-state index is 11.9. The highest BCUT2D eigenvalue weighted by atomic mass is 16.4. The molecule has 8 nitrogen and oxygen atoms in total. The van der Waals surface area contributed by atoms with Crippen molar-refractivity contribution in [3.05, 3.63) is 24.2 Å². The molecular weight excluding hydrogens is 256 g/mol. The van der Waals surface area contributed by atoms with Crippen molar-refractivity contribution in [3.8, 4) is 0 Å². The number of imide groups is 2. The van der Waals surface area contributed by atoms with Crippen LogP contribution < -0.4 is 5.32 Å². The molecule has 0 bridgehead atoms. The van der Waals surface area contributed by atoms with Gasteiger partial charge in [0.05, 0.1) is 19.2 Å². The lowest BCUT2D eigenvalue weighted by Crippen LogP contribution is -2.57. The third kappa shape index (κ3) is 2.62. The number of aliphatic carboxylic acids is 1. The maximum Gasteiger partial charge on any atom is 0.331 e. The minimum absolute atomic E-state index is 0.152. The van der Waals surface area contributed by atoms with Gasteiger partial charge in [-0.05, 0) is 12.1 Å². The summed E-state index contributed by atoms with van der Waals surface area (Å²) in [7, 11) is 0. The first-order valence-electron chi connectivity index (χ1n) is 5.39. The molecule has 2 heterocycles. The number of carbonyl (C=O) groups excluding carboxylic acids is 3. The number of furan rings is 1. The predicted octanol–water partition coefficient (Wildman–Crippen LogP) is -0.0511. The summed E-state index contributed by atoms with van der Waals surface area (Å²) in [5, 5.41) is 10.6. The van der Waals surface area contributed by atoms with Crippen molar-refractivity contribution in [1.82, 2.24) is 10.2 Å². The van der Waals surface area contributed by atoms with Gasteiger partial charge in [0.25, 0.3) is 0 Å². The van der Waals surface area contributed by atoms with E-state index < -0.39 is 36.2 Å². The Bertz CT molecular complexity index is 535. The average molecular weight is 266 g/mol. The molecule has 1 aliphatic rings. The topological polar surface area (TPSA) is 117 Å². The first-order valence-corrected chi connectivity index (χ1v) is 5.39. The molecule has 1 fully saturated rings. The number of nitrogens with one attached hydrogen (secondary N) is 1. The van der Waals surface area contributed by atoms with Crippen LogP contribution in [0, 0.1) is 5.92 Å². The zero-order chi connectivity index (χ0) is 14.0. The largest absolute Gasteiger partial charge is 0.481 e. The Balaban J connectivity index is 2.18. The number of carbonyl (C=O) groups is 4. The summed E-state index contributed by atoms with van der Waals surface area (Å²) in [6.45, 7) is -0.152. The van der Waals surface area contributed by atoms with Gasteiger partial charge in [-0.15, -0.1) is 0 Å². The van der Waals surface area contributed by atoms with Crippen molar-refractivity contribution in [1.29, 1.82) is 0 Å². The van der Waals surface area contributed by atoms with Gasteiger partial charge < -0.3 is 9.52 Å². The summed E-state index contributed by atoms with van der Waals surface area (Å²) in [6.07, 6.45) is 0.716. The molecule has 4 amide bonds. The summed E-state index contributed by atoms with van der Waals surface area (Å²) in [6, 6.07) is 2.26. The highest BCUT2D eigenvalue weighted by molar-refractivity contribution is 6.17. The molecule has 0 aliphatic carbocycles. The fraction of sp³-hybridized carbons (Fsp3) is 0.273. The van der Waals surface area contributed by atoms with E-state index in [1.807, 2.05) is 5.32 Å². The number of carboxylic acids is 1. The van der Waals surface area contributed by atoms with E-state index >= 15 is 0 Å². The van der Waals surface area contributed by atoms with Crippen molar-refractivity contribution >= 4 is 23.8 Å². The minimum Gasteiger partial charge on any atom is -0.481 e. The maximum absolute atomic E-state index is 11.9. The molecule has 2 rings (SSSR count). The predicted molar refractivity (Wildman–Crippen MR) is 58.5 cm³/mol. The van der Waals surface area contributed by atoms with E-state index in [1.165, 1.54) is 6.26 Å². The van der Waals surface area contributed by atoms with Gasteiger partial charge in [-0.25, -0.2) is 4.79 Å². The van der Waals surface area contributed by atoms with Crippen LogP contribution in [0.3, 0.4) is 0 Å². The lowest BCUT2D eigenvalue weighted by atomic mass is 10.0. The van der Waals surface area contributed by atoms with Crippen molar-refractivity contribution in [3.63, 3.8) is 0 Å². The lowest BCUT2D eigenvalue weighted by molar-refractivity contribution is -0.150. The first kappa shape index (κ1) is 12.8. The molecule has 100 valence electrons. The molecule has 8 heteroatoms. The molecule has 0 aromatic carbocycles. The van der Waals surface area contributed by atoms with Crippen LogP contribution in [0.4, 0.5) is 4.79 Å². The molecule has 0 saturated carbocycles. The Morgan fingerprint density at radius 2 is 2.16 bits per heavy atom. The molecule has 19 heavy (non-hydrogen) atoms. The van der Waals surface area contributed by atoms with Gasteiger partial charge in [0, 0.05) is 0 Å². The number of hydrogen-bond acceptors (Lipinski definition) is 5. The highest BCUT2D eigenvalue weighted by Crippen LogP contribution is 2.17. The number of rotatable bonds is 4. The third-order valence-electron chi connectivity index (χ3n) is 2.63. The summed E-state index contributed by atoms with van der Waals surface area (Å²) in [5.74, 6) is -4.07. The van der Waals surface area contributed by atoms with Gasteiger partial charge in [0.15, 0.2) is 0 Å². The van der Waals surface area contributed by atoms with Crippen LogP contribution >= 0.6 is 0 Å². The fourth-order valence-corrected chi connectivity index (χ4v) is 1.72. The lowest BCUT2D eigenvalue weighted by Gasteiger charge is -2.28. The van der Waals surface area contributed by atoms with Gasteiger partial charge in [0.1, 0.15) is 11.7 Å². The number of amides is 4. The van der Waals surface area contributed by atoms with Crippen molar-refractivity contribution in [2.75, 3.05) is 0 Å². The van der Waals surface area contributed by atoms with E-state index in [-0.39, 0.29) is 6.54 Å². The number of carboxylic acid groups (broad SMARTS) is 1. The zero-order valence-corrected chi connectivity index (χ0v) is 9.66. The summed E-state index contributed by atoms with van der Waals surface area (Å²) < 4.78 is 5.00. The van der Waals surface area contributed by atoms with Crippen LogP contribution in [-0.4, -0.2) is 33.8 Å². The van der Waals surface area contributed by atoms with Crippen LogP contribution in [0.15, 0.2) is 22.8 Å². The average Bonchev–Trinajstić information content (AvgIpc) is 2.82. The van der Waals surface area contributed by atoms with Crippen LogP contribution in [0.25, 0.3) is 0 Å². The van der Waals surface area contributed by atoms with E-state index in [0.717, 1.165) is 4.90 Å². The smallest absolute Gasteiger partial charge is 0.331 e. The molecule has 1 atom stereocenters.